The summed E-state index contributed by atoms with van der Waals surface area (Å²) in [6, 6.07) is 0. The Morgan fingerprint density at radius 2 is 1.21 bits per heavy atom. The van der Waals surface area contributed by atoms with Crippen molar-refractivity contribution in [2.75, 3.05) is 19.8 Å². The van der Waals surface area contributed by atoms with E-state index in [-0.39, 0.29) is 32.4 Å². The standard InChI is InChI=1S/C15H26O6.CO2/c1-5-9-11(14(17)20-7-3)12(15(18)21-8-4)10-13(16)19-6-2;2-1-3/h11-12H,5-10H2,1-4H3;. The number of esters is 3. The molecule has 8 nitrogen and oxygen atoms in total. The summed E-state index contributed by atoms with van der Waals surface area (Å²) in [7, 11) is 0. The molecule has 0 N–H and O–H groups in total. The molecule has 0 rings (SSSR count). The van der Waals surface area contributed by atoms with E-state index in [0.717, 1.165) is 0 Å². The second-order valence-corrected chi connectivity index (χ2v) is 4.60. The van der Waals surface area contributed by atoms with Crippen LogP contribution >= 0.6 is 0 Å². The van der Waals surface area contributed by atoms with Gasteiger partial charge in [-0.2, -0.15) is 9.59 Å². The molecule has 0 aliphatic carbocycles. The lowest BCUT2D eigenvalue weighted by Gasteiger charge is -2.23. The molecule has 0 bridgehead atoms. The Hall–Kier alpha value is -2.21. The summed E-state index contributed by atoms with van der Waals surface area (Å²) in [5.41, 5.74) is 0. The minimum Gasteiger partial charge on any atom is -0.466 e. The predicted molar refractivity (Wildman–Crippen MR) is 81.4 cm³/mol. The van der Waals surface area contributed by atoms with Crippen LogP contribution in [-0.4, -0.2) is 43.9 Å². The van der Waals surface area contributed by atoms with Crippen LogP contribution in [0.2, 0.25) is 0 Å². The largest absolute Gasteiger partial charge is 0.466 e. The van der Waals surface area contributed by atoms with Gasteiger partial charge in [0.05, 0.1) is 38.1 Å². The third kappa shape index (κ3) is 10.5. The van der Waals surface area contributed by atoms with E-state index in [1.54, 1.807) is 20.8 Å². The van der Waals surface area contributed by atoms with E-state index in [9.17, 15) is 14.4 Å². The molecule has 0 heterocycles. The molecule has 2 atom stereocenters. The van der Waals surface area contributed by atoms with E-state index in [1.807, 2.05) is 6.92 Å². The predicted octanol–water partition coefficient (Wildman–Crippen LogP) is 1.51. The van der Waals surface area contributed by atoms with E-state index in [0.29, 0.717) is 12.8 Å². The zero-order valence-corrected chi connectivity index (χ0v) is 14.7. The minimum absolute atomic E-state index is 0.170. The van der Waals surface area contributed by atoms with E-state index in [2.05, 4.69) is 0 Å². The van der Waals surface area contributed by atoms with Crippen LogP contribution in [-0.2, 0) is 38.2 Å². The molecule has 0 spiro atoms. The lowest BCUT2D eigenvalue weighted by atomic mass is 9.86. The zero-order valence-electron chi connectivity index (χ0n) is 14.7. The van der Waals surface area contributed by atoms with Crippen molar-refractivity contribution >= 4 is 24.1 Å². The third-order valence-corrected chi connectivity index (χ3v) is 2.96. The van der Waals surface area contributed by atoms with Gasteiger partial charge >= 0.3 is 24.1 Å². The fraction of sp³-hybridized carbons (Fsp3) is 0.750. The molecule has 0 saturated carbocycles. The summed E-state index contributed by atoms with van der Waals surface area (Å²) in [5, 5.41) is 0. The lowest BCUT2D eigenvalue weighted by Crippen LogP contribution is -2.34. The van der Waals surface area contributed by atoms with Crippen LogP contribution in [0.25, 0.3) is 0 Å². The SMILES string of the molecule is CCCC(C(=O)OCC)C(CC(=O)OCC)C(=O)OCC.O=C=O. The maximum atomic E-state index is 12.1. The van der Waals surface area contributed by atoms with Gasteiger partial charge in [0.15, 0.2) is 0 Å². The molecule has 0 radical (unpaired) electrons. The fourth-order valence-electron chi connectivity index (χ4n) is 2.08. The van der Waals surface area contributed by atoms with Gasteiger partial charge < -0.3 is 14.2 Å². The molecule has 0 fully saturated rings. The monoisotopic (exact) mass is 346 g/mol. The van der Waals surface area contributed by atoms with Crippen LogP contribution in [0, 0.1) is 11.8 Å². The van der Waals surface area contributed by atoms with Crippen molar-refractivity contribution in [2.45, 2.75) is 47.0 Å². The van der Waals surface area contributed by atoms with E-state index >= 15 is 0 Å². The molecule has 0 aromatic rings. The summed E-state index contributed by atoms with van der Waals surface area (Å²) in [6.45, 7) is 7.62. The topological polar surface area (TPSA) is 113 Å². The highest BCUT2D eigenvalue weighted by Gasteiger charge is 2.37. The van der Waals surface area contributed by atoms with Crippen molar-refractivity contribution in [3.63, 3.8) is 0 Å². The van der Waals surface area contributed by atoms with Crippen LogP contribution in [0.5, 0.6) is 0 Å². The minimum atomic E-state index is -0.858. The molecule has 0 saturated heterocycles. The molecule has 8 heteroatoms. The van der Waals surface area contributed by atoms with Crippen molar-refractivity contribution in [1.82, 2.24) is 0 Å². The van der Waals surface area contributed by atoms with Crippen molar-refractivity contribution in [2.24, 2.45) is 11.8 Å². The van der Waals surface area contributed by atoms with Crippen LogP contribution in [0.3, 0.4) is 0 Å². The van der Waals surface area contributed by atoms with Crippen molar-refractivity contribution in [3.05, 3.63) is 0 Å². The molecule has 24 heavy (non-hydrogen) atoms. The summed E-state index contributed by atoms with van der Waals surface area (Å²) in [4.78, 5) is 52.0. The number of carbonyl (C=O) groups is 3. The fourth-order valence-corrected chi connectivity index (χ4v) is 2.08. The molecule has 0 aromatic carbocycles. The average molecular weight is 346 g/mol. The smallest absolute Gasteiger partial charge is 0.373 e. The third-order valence-electron chi connectivity index (χ3n) is 2.96. The summed E-state index contributed by atoms with van der Waals surface area (Å²) >= 11 is 0. The zero-order chi connectivity index (χ0) is 19.0. The number of hydrogen-bond acceptors (Lipinski definition) is 8. The van der Waals surface area contributed by atoms with Crippen molar-refractivity contribution < 1.29 is 38.2 Å². The molecule has 138 valence electrons. The number of carbonyl (C=O) groups excluding carboxylic acids is 5. The molecular formula is C16H26O8. The number of ether oxygens (including phenoxy) is 3. The first-order valence-corrected chi connectivity index (χ1v) is 7.91. The van der Waals surface area contributed by atoms with Crippen LogP contribution in [0.4, 0.5) is 0 Å². The van der Waals surface area contributed by atoms with Crippen molar-refractivity contribution in [3.8, 4) is 0 Å². The Labute approximate surface area is 141 Å². The Bertz CT molecular complexity index is 412. The molecule has 0 aliphatic rings. The molecule has 0 aliphatic heterocycles. The number of hydrogen-bond donors (Lipinski definition) is 0. The van der Waals surface area contributed by atoms with E-state index in [1.165, 1.54) is 0 Å². The van der Waals surface area contributed by atoms with Gasteiger partial charge in [0.1, 0.15) is 0 Å². The molecular weight excluding hydrogens is 320 g/mol. The van der Waals surface area contributed by atoms with Gasteiger partial charge in [0, 0.05) is 0 Å². The van der Waals surface area contributed by atoms with Gasteiger partial charge in [-0.1, -0.05) is 13.3 Å². The highest BCUT2D eigenvalue weighted by atomic mass is 16.5. The second kappa shape index (κ2) is 15.7. The van der Waals surface area contributed by atoms with E-state index < -0.39 is 29.7 Å². The Morgan fingerprint density at radius 3 is 1.58 bits per heavy atom. The molecule has 2 unspecified atom stereocenters. The summed E-state index contributed by atoms with van der Waals surface area (Å²) in [6.07, 6.45) is 1.24. The first kappa shape index (κ1) is 24.0. The van der Waals surface area contributed by atoms with Gasteiger partial charge in [0.2, 0.25) is 0 Å². The van der Waals surface area contributed by atoms with Gasteiger partial charge in [-0.25, -0.2) is 0 Å². The Balaban J connectivity index is 0. The highest BCUT2D eigenvalue weighted by molar-refractivity contribution is 5.86. The van der Waals surface area contributed by atoms with Crippen LogP contribution in [0.15, 0.2) is 0 Å². The molecule has 0 aromatic heterocycles. The summed E-state index contributed by atoms with van der Waals surface area (Å²) < 4.78 is 14.9. The first-order valence-electron chi connectivity index (χ1n) is 7.91. The van der Waals surface area contributed by atoms with Crippen molar-refractivity contribution in [1.29, 1.82) is 0 Å². The van der Waals surface area contributed by atoms with Crippen LogP contribution < -0.4 is 0 Å². The maximum absolute atomic E-state index is 12.1. The quantitative estimate of drug-likeness (QED) is 0.432. The molecule has 0 amide bonds. The normalized spacial score (nSPS) is 11.8. The average Bonchev–Trinajstić information content (AvgIpc) is 2.52. The Kier molecular flexibility index (Phi) is 15.7. The van der Waals surface area contributed by atoms with Crippen LogP contribution in [0.1, 0.15) is 47.0 Å². The Morgan fingerprint density at radius 1 is 0.792 bits per heavy atom. The number of rotatable bonds is 10. The maximum Gasteiger partial charge on any atom is 0.373 e. The van der Waals surface area contributed by atoms with Gasteiger partial charge in [0.25, 0.3) is 0 Å². The van der Waals surface area contributed by atoms with Gasteiger partial charge in [-0.05, 0) is 27.2 Å². The van der Waals surface area contributed by atoms with Gasteiger partial charge in [-0.15, -0.1) is 0 Å². The van der Waals surface area contributed by atoms with E-state index in [4.69, 9.17) is 23.8 Å². The lowest BCUT2D eigenvalue weighted by molar-refractivity contribution is -0.191. The second-order valence-electron chi connectivity index (χ2n) is 4.60. The first-order chi connectivity index (χ1) is 11.4. The summed E-state index contributed by atoms with van der Waals surface area (Å²) in [5.74, 6) is -3.08. The highest BCUT2D eigenvalue weighted by Crippen LogP contribution is 2.25. The van der Waals surface area contributed by atoms with Gasteiger partial charge in [-0.3, -0.25) is 14.4 Å².